The van der Waals surface area contributed by atoms with E-state index in [2.05, 4.69) is 26.8 Å². The van der Waals surface area contributed by atoms with Crippen LogP contribution < -0.4 is 0 Å². The molecule has 3 heterocycles. The van der Waals surface area contributed by atoms with Crippen molar-refractivity contribution in [2.24, 2.45) is 0 Å². The van der Waals surface area contributed by atoms with Crippen LogP contribution in [0.3, 0.4) is 0 Å². The Labute approximate surface area is 123 Å². The summed E-state index contributed by atoms with van der Waals surface area (Å²) in [6, 6.07) is 4.31. The summed E-state index contributed by atoms with van der Waals surface area (Å²) < 4.78 is 7.41. The molecule has 1 amide bonds. The third-order valence-electron chi connectivity index (χ3n) is 3.77. The Morgan fingerprint density at radius 2 is 2.38 bits per heavy atom. The second-order valence-electron chi connectivity index (χ2n) is 5.12. The van der Waals surface area contributed by atoms with Gasteiger partial charge in [-0.2, -0.15) is 0 Å². The number of carbonyl (C=O) groups excluding carboxylic acids is 1. The Morgan fingerprint density at radius 1 is 1.48 bits per heavy atom. The number of hydrogen-bond donors (Lipinski definition) is 0. The highest BCUT2D eigenvalue weighted by molar-refractivity contribution is 5.92. The maximum Gasteiger partial charge on any atom is 0.274 e. The van der Waals surface area contributed by atoms with E-state index < -0.39 is 0 Å². The zero-order valence-electron chi connectivity index (χ0n) is 12.0. The second kappa shape index (κ2) is 6.05. The number of ether oxygens (including phenoxy) is 1. The van der Waals surface area contributed by atoms with Crippen LogP contribution in [0.2, 0.25) is 0 Å². The molecule has 6 heteroatoms. The van der Waals surface area contributed by atoms with Gasteiger partial charge in [0, 0.05) is 44.5 Å². The molecule has 0 saturated carbocycles. The normalized spacial score (nSPS) is 17.6. The fourth-order valence-corrected chi connectivity index (χ4v) is 2.73. The molecule has 0 unspecified atom stereocenters. The summed E-state index contributed by atoms with van der Waals surface area (Å²) >= 11 is 0. The van der Waals surface area contributed by atoms with Gasteiger partial charge in [-0.15, -0.1) is 0 Å². The van der Waals surface area contributed by atoms with Crippen molar-refractivity contribution in [1.29, 1.82) is 0 Å². The molecule has 21 heavy (non-hydrogen) atoms. The zero-order chi connectivity index (χ0) is 14.7. The third kappa shape index (κ3) is 2.80. The number of aromatic nitrogens is 3. The van der Waals surface area contributed by atoms with E-state index in [-0.39, 0.29) is 11.9 Å². The molecule has 1 atom stereocenters. The van der Waals surface area contributed by atoms with Crippen molar-refractivity contribution in [3.63, 3.8) is 0 Å². The first-order chi connectivity index (χ1) is 10.3. The number of rotatable bonds is 4. The van der Waals surface area contributed by atoms with Crippen LogP contribution in [0.4, 0.5) is 0 Å². The topological polar surface area (TPSA) is 60.2 Å². The molecule has 0 aliphatic carbocycles. The Balaban J connectivity index is 1.81. The predicted molar refractivity (Wildman–Crippen MR) is 76.7 cm³/mol. The SMILES string of the molecule is COCC[C@@H]1CN(C(=O)c2cnccn2)Cc2cccn21. The van der Waals surface area contributed by atoms with E-state index in [4.69, 9.17) is 4.74 Å². The number of nitrogens with zero attached hydrogens (tertiary/aromatic N) is 4. The monoisotopic (exact) mass is 286 g/mol. The maximum atomic E-state index is 12.5. The molecule has 0 fully saturated rings. The molecule has 110 valence electrons. The molecule has 1 aliphatic heterocycles. The minimum absolute atomic E-state index is 0.0713. The van der Waals surface area contributed by atoms with Gasteiger partial charge in [-0.05, 0) is 18.6 Å². The van der Waals surface area contributed by atoms with E-state index in [9.17, 15) is 4.79 Å². The summed E-state index contributed by atoms with van der Waals surface area (Å²) in [7, 11) is 1.70. The van der Waals surface area contributed by atoms with E-state index in [1.165, 1.54) is 6.20 Å². The van der Waals surface area contributed by atoms with Crippen molar-refractivity contribution in [2.45, 2.75) is 19.0 Å². The lowest BCUT2D eigenvalue weighted by atomic mass is 10.1. The van der Waals surface area contributed by atoms with Gasteiger partial charge in [0.1, 0.15) is 5.69 Å². The lowest BCUT2D eigenvalue weighted by Gasteiger charge is -2.34. The van der Waals surface area contributed by atoms with Crippen molar-refractivity contribution in [3.05, 3.63) is 48.3 Å². The number of fused-ring (bicyclic) bond motifs is 1. The summed E-state index contributed by atoms with van der Waals surface area (Å²) in [5, 5.41) is 0. The first-order valence-corrected chi connectivity index (χ1v) is 6.99. The Hall–Kier alpha value is -2.21. The predicted octanol–water partition coefficient (Wildman–Crippen LogP) is 1.51. The van der Waals surface area contributed by atoms with Gasteiger partial charge in [0.05, 0.1) is 18.8 Å². The lowest BCUT2D eigenvalue weighted by molar-refractivity contribution is 0.0647. The summed E-state index contributed by atoms with van der Waals surface area (Å²) in [4.78, 5) is 22.4. The molecule has 0 aromatic carbocycles. The number of methoxy groups -OCH3 is 1. The minimum Gasteiger partial charge on any atom is -0.385 e. The van der Waals surface area contributed by atoms with Crippen LogP contribution in [0.1, 0.15) is 28.6 Å². The fourth-order valence-electron chi connectivity index (χ4n) is 2.73. The zero-order valence-corrected chi connectivity index (χ0v) is 12.0. The summed E-state index contributed by atoms with van der Waals surface area (Å²) in [6.45, 7) is 1.95. The first-order valence-electron chi connectivity index (χ1n) is 6.99. The summed E-state index contributed by atoms with van der Waals surface area (Å²) in [5.41, 5.74) is 1.53. The van der Waals surface area contributed by atoms with Crippen LogP contribution >= 0.6 is 0 Å². The van der Waals surface area contributed by atoms with Crippen LogP contribution in [-0.4, -0.2) is 45.6 Å². The van der Waals surface area contributed by atoms with Crippen molar-refractivity contribution in [1.82, 2.24) is 19.4 Å². The molecular weight excluding hydrogens is 268 g/mol. The Kier molecular flexibility index (Phi) is 3.96. The quantitative estimate of drug-likeness (QED) is 0.855. The van der Waals surface area contributed by atoms with Gasteiger partial charge in [0.25, 0.3) is 5.91 Å². The molecule has 0 saturated heterocycles. The van der Waals surface area contributed by atoms with Crippen LogP contribution in [0.25, 0.3) is 0 Å². The lowest BCUT2D eigenvalue weighted by Crippen LogP contribution is -2.41. The first kappa shape index (κ1) is 13.8. The Morgan fingerprint density at radius 3 is 3.14 bits per heavy atom. The highest BCUT2D eigenvalue weighted by Gasteiger charge is 2.28. The molecule has 0 bridgehead atoms. The highest BCUT2D eigenvalue weighted by Crippen LogP contribution is 2.25. The van der Waals surface area contributed by atoms with Gasteiger partial charge >= 0.3 is 0 Å². The van der Waals surface area contributed by atoms with Gasteiger partial charge < -0.3 is 14.2 Å². The van der Waals surface area contributed by atoms with Crippen molar-refractivity contribution in [2.75, 3.05) is 20.3 Å². The molecule has 3 rings (SSSR count). The van der Waals surface area contributed by atoms with E-state index in [0.29, 0.717) is 25.4 Å². The smallest absolute Gasteiger partial charge is 0.274 e. The third-order valence-corrected chi connectivity index (χ3v) is 3.77. The average Bonchev–Trinajstić information content (AvgIpc) is 3.01. The fraction of sp³-hybridized carbons (Fsp3) is 0.400. The molecule has 2 aromatic heterocycles. The summed E-state index contributed by atoms with van der Waals surface area (Å²) in [6.07, 6.45) is 7.57. The van der Waals surface area contributed by atoms with Crippen molar-refractivity contribution < 1.29 is 9.53 Å². The molecule has 2 aromatic rings. The van der Waals surface area contributed by atoms with Crippen LogP contribution in [0.5, 0.6) is 0 Å². The van der Waals surface area contributed by atoms with Gasteiger partial charge in [-0.1, -0.05) is 0 Å². The van der Waals surface area contributed by atoms with E-state index >= 15 is 0 Å². The van der Waals surface area contributed by atoms with Gasteiger partial charge in [-0.3, -0.25) is 9.78 Å². The number of hydrogen-bond acceptors (Lipinski definition) is 4. The van der Waals surface area contributed by atoms with Gasteiger partial charge in [0.15, 0.2) is 0 Å². The van der Waals surface area contributed by atoms with Gasteiger partial charge in [0.2, 0.25) is 0 Å². The summed E-state index contributed by atoms with van der Waals surface area (Å²) in [5.74, 6) is -0.0713. The molecular formula is C15H18N4O2. The molecule has 1 aliphatic rings. The van der Waals surface area contributed by atoms with E-state index in [1.54, 1.807) is 19.5 Å². The largest absolute Gasteiger partial charge is 0.385 e. The maximum absolute atomic E-state index is 12.5. The molecule has 0 radical (unpaired) electrons. The van der Waals surface area contributed by atoms with Crippen LogP contribution in [0, 0.1) is 0 Å². The number of carbonyl (C=O) groups is 1. The Bertz CT molecular complexity index is 611. The second-order valence-corrected chi connectivity index (χ2v) is 5.12. The van der Waals surface area contributed by atoms with E-state index in [0.717, 1.165) is 12.1 Å². The van der Waals surface area contributed by atoms with Crippen LogP contribution in [0.15, 0.2) is 36.9 Å². The molecule has 0 spiro atoms. The van der Waals surface area contributed by atoms with Gasteiger partial charge in [-0.25, -0.2) is 4.98 Å². The van der Waals surface area contributed by atoms with E-state index in [1.807, 2.05) is 11.0 Å². The van der Waals surface area contributed by atoms with Crippen LogP contribution in [-0.2, 0) is 11.3 Å². The number of amides is 1. The standard InChI is InChI=1S/C15H18N4O2/c1-21-8-4-13-11-18(10-12-3-2-7-19(12)13)15(20)14-9-16-5-6-17-14/h2-3,5-7,9,13H,4,8,10-11H2,1H3/t13-/m1/s1. The molecule has 6 nitrogen and oxygen atoms in total. The van der Waals surface area contributed by atoms with Crippen molar-refractivity contribution >= 4 is 5.91 Å². The molecule has 0 N–H and O–H groups in total. The highest BCUT2D eigenvalue weighted by atomic mass is 16.5. The van der Waals surface area contributed by atoms with Crippen molar-refractivity contribution in [3.8, 4) is 0 Å². The average molecular weight is 286 g/mol. The minimum atomic E-state index is -0.0713.